The Morgan fingerprint density at radius 3 is 2.41 bits per heavy atom. The fraction of sp³-hybridized carbons (Fsp3) is 0.435. The van der Waals surface area contributed by atoms with Crippen molar-refractivity contribution in [2.45, 2.75) is 19.8 Å². The number of rotatable bonds is 9. The van der Waals surface area contributed by atoms with Crippen molar-refractivity contribution in [1.29, 1.82) is 0 Å². The molecular formula is C23H31N3O3. The van der Waals surface area contributed by atoms with E-state index in [0.29, 0.717) is 18.1 Å². The molecule has 29 heavy (non-hydrogen) atoms. The van der Waals surface area contributed by atoms with E-state index in [-0.39, 0.29) is 12.3 Å². The van der Waals surface area contributed by atoms with Gasteiger partial charge in [0.2, 0.25) is 5.91 Å². The first kappa shape index (κ1) is 21.0. The van der Waals surface area contributed by atoms with Crippen LogP contribution in [0.15, 0.2) is 42.5 Å². The Morgan fingerprint density at radius 2 is 1.76 bits per heavy atom. The van der Waals surface area contributed by atoms with Crippen molar-refractivity contribution in [2.24, 2.45) is 5.73 Å². The van der Waals surface area contributed by atoms with E-state index in [0.717, 1.165) is 44.7 Å². The molecule has 0 saturated carbocycles. The van der Waals surface area contributed by atoms with Gasteiger partial charge in [0, 0.05) is 38.4 Å². The molecule has 0 bridgehead atoms. The summed E-state index contributed by atoms with van der Waals surface area (Å²) < 4.78 is 11.3. The van der Waals surface area contributed by atoms with Crippen LogP contribution in [-0.2, 0) is 11.2 Å². The monoisotopic (exact) mass is 397 g/mol. The molecule has 1 aliphatic heterocycles. The molecule has 3 rings (SSSR count). The second-order valence-electron chi connectivity index (χ2n) is 7.49. The van der Waals surface area contributed by atoms with Crippen LogP contribution in [0.1, 0.15) is 17.5 Å². The van der Waals surface area contributed by atoms with E-state index in [1.165, 1.54) is 11.3 Å². The maximum absolute atomic E-state index is 11.1. The fourth-order valence-electron chi connectivity index (χ4n) is 3.60. The lowest BCUT2D eigenvalue weighted by atomic mass is 10.1. The molecule has 0 aromatic heterocycles. The number of hydrogen-bond donors (Lipinski definition) is 1. The lowest BCUT2D eigenvalue weighted by Crippen LogP contribution is -2.46. The zero-order valence-corrected chi connectivity index (χ0v) is 17.4. The molecule has 2 aromatic rings. The van der Waals surface area contributed by atoms with Gasteiger partial charge in [0.1, 0.15) is 0 Å². The second-order valence-corrected chi connectivity index (χ2v) is 7.49. The molecule has 1 fully saturated rings. The van der Waals surface area contributed by atoms with Gasteiger partial charge in [0.25, 0.3) is 0 Å². The topological polar surface area (TPSA) is 68.0 Å². The Hall–Kier alpha value is -2.73. The highest BCUT2D eigenvalue weighted by molar-refractivity contribution is 5.76. The van der Waals surface area contributed by atoms with Gasteiger partial charge in [-0.05, 0) is 43.2 Å². The van der Waals surface area contributed by atoms with Crippen LogP contribution in [0.25, 0.3) is 0 Å². The van der Waals surface area contributed by atoms with Crippen LogP contribution in [0.3, 0.4) is 0 Å². The number of benzene rings is 2. The van der Waals surface area contributed by atoms with Crippen molar-refractivity contribution in [3.8, 4) is 11.5 Å². The first-order valence-electron chi connectivity index (χ1n) is 10.2. The van der Waals surface area contributed by atoms with Gasteiger partial charge in [0.05, 0.1) is 20.1 Å². The van der Waals surface area contributed by atoms with Crippen LogP contribution in [0.4, 0.5) is 5.69 Å². The van der Waals surface area contributed by atoms with Crippen LogP contribution in [0.5, 0.6) is 11.5 Å². The Balaban J connectivity index is 1.40. The summed E-state index contributed by atoms with van der Waals surface area (Å²) in [6, 6.07) is 14.3. The number of carbonyl (C=O) groups excluding carboxylic acids is 1. The summed E-state index contributed by atoms with van der Waals surface area (Å²) in [6.07, 6.45) is 1.15. The highest BCUT2D eigenvalue weighted by atomic mass is 16.5. The SMILES string of the molecule is COc1cc(CC(N)=O)ccc1OCCCN1CCN(c2ccc(C)cc2)CC1. The zero-order valence-electron chi connectivity index (χ0n) is 17.4. The third-order valence-electron chi connectivity index (χ3n) is 5.25. The van der Waals surface area contributed by atoms with Gasteiger partial charge in [-0.15, -0.1) is 0 Å². The summed E-state index contributed by atoms with van der Waals surface area (Å²) in [7, 11) is 1.60. The molecule has 6 heteroatoms. The molecule has 156 valence electrons. The molecule has 6 nitrogen and oxygen atoms in total. The van der Waals surface area contributed by atoms with Crippen LogP contribution >= 0.6 is 0 Å². The molecule has 2 N–H and O–H groups in total. The van der Waals surface area contributed by atoms with E-state index in [9.17, 15) is 4.79 Å². The highest BCUT2D eigenvalue weighted by Gasteiger charge is 2.17. The van der Waals surface area contributed by atoms with Crippen molar-refractivity contribution in [3.63, 3.8) is 0 Å². The standard InChI is InChI=1S/C23H31N3O3/c1-18-4-7-20(8-5-18)26-13-11-25(12-14-26)10-3-15-29-21-9-6-19(17-23(24)27)16-22(21)28-2/h4-9,16H,3,10-15,17H2,1-2H3,(H2,24,27). The Bertz CT molecular complexity index is 800. The van der Waals surface area contributed by atoms with Gasteiger partial charge in [-0.2, -0.15) is 0 Å². The van der Waals surface area contributed by atoms with Crippen molar-refractivity contribution >= 4 is 11.6 Å². The Labute approximate surface area is 173 Å². The number of nitrogens with zero attached hydrogens (tertiary/aromatic N) is 2. The van der Waals surface area contributed by atoms with Crippen molar-refractivity contribution in [3.05, 3.63) is 53.6 Å². The molecule has 0 atom stereocenters. The lowest BCUT2D eigenvalue weighted by molar-refractivity contribution is -0.117. The molecule has 1 aliphatic rings. The summed E-state index contributed by atoms with van der Waals surface area (Å²) in [5, 5.41) is 0. The summed E-state index contributed by atoms with van der Waals surface area (Å²) in [4.78, 5) is 16.0. The van der Waals surface area contributed by atoms with E-state index in [1.54, 1.807) is 7.11 Å². The number of methoxy groups -OCH3 is 1. The van der Waals surface area contributed by atoms with Crippen LogP contribution in [-0.4, -0.2) is 57.2 Å². The molecule has 2 aromatic carbocycles. The first-order chi connectivity index (χ1) is 14.0. The van der Waals surface area contributed by atoms with Gasteiger partial charge in [-0.1, -0.05) is 23.8 Å². The summed E-state index contributed by atoms with van der Waals surface area (Å²) in [5.74, 6) is 0.976. The number of primary amides is 1. The molecule has 1 saturated heterocycles. The summed E-state index contributed by atoms with van der Waals surface area (Å²) in [6.45, 7) is 8.01. The van der Waals surface area contributed by atoms with Gasteiger partial charge < -0.3 is 20.1 Å². The first-order valence-corrected chi connectivity index (χ1v) is 10.2. The van der Waals surface area contributed by atoms with E-state index < -0.39 is 0 Å². The van der Waals surface area contributed by atoms with Crippen molar-refractivity contribution in [1.82, 2.24) is 4.90 Å². The predicted octanol–water partition coefficient (Wildman–Crippen LogP) is 2.62. The van der Waals surface area contributed by atoms with E-state index >= 15 is 0 Å². The van der Waals surface area contributed by atoms with Crippen LogP contribution < -0.4 is 20.1 Å². The summed E-state index contributed by atoms with van der Waals surface area (Å²) in [5.41, 5.74) is 8.69. The largest absolute Gasteiger partial charge is 0.493 e. The summed E-state index contributed by atoms with van der Waals surface area (Å²) >= 11 is 0. The van der Waals surface area contributed by atoms with Crippen LogP contribution in [0, 0.1) is 6.92 Å². The molecule has 1 amide bonds. The molecule has 0 radical (unpaired) electrons. The van der Waals surface area contributed by atoms with Gasteiger partial charge in [0.15, 0.2) is 11.5 Å². The van der Waals surface area contributed by atoms with Crippen molar-refractivity contribution in [2.75, 3.05) is 51.3 Å². The van der Waals surface area contributed by atoms with E-state index in [2.05, 4.69) is 41.0 Å². The number of hydrogen-bond acceptors (Lipinski definition) is 5. The third kappa shape index (κ3) is 6.12. The number of amides is 1. The molecule has 1 heterocycles. The molecule has 0 unspecified atom stereocenters. The Kier molecular flexibility index (Phi) is 7.36. The minimum absolute atomic E-state index is 0.200. The number of piperazine rings is 1. The van der Waals surface area contributed by atoms with Crippen molar-refractivity contribution < 1.29 is 14.3 Å². The highest BCUT2D eigenvalue weighted by Crippen LogP contribution is 2.28. The maximum atomic E-state index is 11.1. The lowest BCUT2D eigenvalue weighted by Gasteiger charge is -2.36. The smallest absolute Gasteiger partial charge is 0.221 e. The van der Waals surface area contributed by atoms with E-state index in [4.69, 9.17) is 15.2 Å². The molecular weight excluding hydrogens is 366 g/mol. The number of ether oxygens (including phenoxy) is 2. The van der Waals surface area contributed by atoms with E-state index in [1.807, 2.05) is 18.2 Å². The number of carbonyl (C=O) groups is 1. The zero-order chi connectivity index (χ0) is 20.6. The molecule has 0 spiro atoms. The predicted molar refractivity (Wildman–Crippen MR) is 116 cm³/mol. The average Bonchev–Trinajstić information content (AvgIpc) is 2.72. The van der Waals surface area contributed by atoms with Gasteiger partial charge in [-0.25, -0.2) is 0 Å². The van der Waals surface area contributed by atoms with Crippen LogP contribution in [0.2, 0.25) is 0 Å². The number of aryl methyl sites for hydroxylation is 1. The number of anilines is 1. The minimum atomic E-state index is -0.358. The fourth-order valence-corrected chi connectivity index (χ4v) is 3.60. The third-order valence-corrected chi connectivity index (χ3v) is 5.25. The maximum Gasteiger partial charge on any atom is 0.221 e. The number of nitrogens with two attached hydrogens (primary N) is 1. The molecule has 0 aliphatic carbocycles. The normalized spacial score (nSPS) is 14.6. The van der Waals surface area contributed by atoms with Gasteiger partial charge >= 0.3 is 0 Å². The van der Waals surface area contributed by atoms with Gasteiger partial charge in [-0.3, -0.25) is 9.69 Å². The minimum Gasteiger partial charge on any atom is -0.493 e. The second kappa shape index (κ2) is 10.2. The average molecular weight is 398 g/mol. The quantitative estimate of drug-likeness (QED) is 0.659. The Morgan fingerprint density at radius 1 is 1.03 bits per heavy atom.